The standard InChI is InChI=1S/C11H12NO/c1-12-7-6-9-4-3-5-11(13-2)10(9)8-12/h3-8H,1-2H3/q+1. The first-order valence-electron chi connectivity index (χ1n) is 4.23. The Labute approximate surface area is 77.4 Å². The van der Waals surface area contributed by atoms with Crippen molar-refractivity contribution >= 4 is 10.8 Å². The van der Waals surface area contributed by atoms with Crippen LogP contribution < -0.4 is 9.30 Å². The van der Waals surface area contributed by atoms with Crippen molar-refractivity contribution in [2.24, 2.45) is 7.05 Å². The van der Waals surface area contributed by atoms with Gasteiger partial charge in [0.2, 0.25) is 0 Å². The molecule has 13 heavy (non-hydrogen) atoms. The van der Waals surface area contributed by atoms with Gasteiger partial charge in [-0.05, 0) is 11.5 Å². The first kappa shape index (κ1) is 8.05. The molecule has 0 bridgehead atoms. The summed E-state index contributed by atoms with van der Waals surface area (Å²) in [5.74, 6) is 0.925. The van der Waals surface area contributed by atoms with Crippen molar-refractivity contribution in [2.45, 2.75) is 0 Å². The van der Waals surface area contributed by atoms with Gasteiger partial charge in [-0.2, -0.15) is 0 Å². The number of aromatic nitrogens is 1. The smallest absolute Gasteiger partial charge is 0.180 e. The maximum atomic E-state index is 5.27. The molecule has 0 aliphatic carbocycles. The fraction of sp³-hybridized carbons (Fsp3) is 0.182. The maximum Gasteiger partial charge on any atom is 0.180 e. The van der Waals surface area contributed by atoms with Gasteiger partial charge in [0.1, 0.15) is 12.8 Å². The Balaban J connectivity index is 2.79. The van der Waals surface area contributed by atoms with E-state index in [0.29, 0.717) is 0 Å². The lowest BCUT2D eigenvalue weighted by Gasteiger charge is -2.02. The third-order valence-electron chi connectivity index (χ3n) is 2.14. The molecule has 0 aliphatic heterocycles. The van der Waals surface area contributed by atoms with Gasteiger partial charge in [-0.3, -0.25) is 0 Å². The normalized spacial score (nSPS) is 10.3. The van der Waals surface area contributed by atoms with Gasteiger partial charge in [0.05, 0.1) is 12.5 Å². The van der Waals surface area contributed by atoms with E-state index in [1.165, 1.54) is 5.39 Å². The summed E-state index contributed by atoms with van der Waals surface area (Å²) < 4.78 is 7.29. The summed E-state index contributed by atoms with van der Waals surface area (Å²) in [5, 5.41) is 2.35. The van der Waals surface area contributed by atoms with Crippen LogP contribution in [-0.4, -0.2) is 7.11 Å². The molecule has 2 aromatic rings. The van der Waals surface area contributed by atoms with Crippen LogP contribution in [0, 0.1) is 0 Å². The summed E-state index contributed by atoms with van der Waals surface area (Å²) in [5.41, 5.74) is 0. The van der Waals surface area contributed by atoms with Crippen LogP contribution in [-0.2, 0) is 7.05 Å². The highest BCUT2D eigenvalue weighted by Crippen LogP contribution is 2.22. The quantitative estimate of drug-likeness (QED) is 0.599. The van der Waals surface area contributed by atoms with Crippen LogP contribution in [0.3, 0.4) is 0 Å². The molecule has 0 radical (unpaired) electrons. The third kappa shape index (κ3) is 1.35. The minimum Gasteiger partial charge on any atom is -0.496 e. The Bertz CT molecular complexity index is 437. The van der Waals surface area contributed by atoms with Crippen molar-refractivity contribution in [3.05, 3.63) is 36.7 Å². The molecule has 2 nitrogen and oxygen atoms in total. The molecule has 1 heterocycles. The zero-order chi connectivity index (χ0) is 9.26. The van der Waals surface area contributed by atoms with Gasteiger partial charge in [0.25, 0.3) is 0 Å². The Morgan fingerprint density at radius 2 is 2.08 bits per heavy atom. The maximum absolute atomic E-state index is 5.27. The number of methoxy groups -OCH3 is 1. The van der Waals surface area contributed by atoms with Crippen LogP contribution in [0.2, 0.25) is 0 Å². The minimum absolute atomic E-state index is 0.925. The molecule has 1 aromatic heterocycles. The average Bonchev–Trinajstić information content (AvgIpc) is 2.17. The summed E-state index contributed by atoms with van der Waals surface area (Å²) in [6, 6.07) is 8.14. The van der Waals surface area contributed by atoms with E-state index >= 15 is 0 Å². The largest absolute Gasteiger partial charge is 0.496 e. The van der Waals surface area contributed by atoms with Gasteiger partial charge >= 0.3 is 0 Å². The number of hydrogen-bond acceptors (Lipinski definition) is 1. The van der Waals surface area contributed by atoms with Gasteiger partial charge in [-0.15, -0.1) is 0 Å². The van der Waals surface area contributed by atoms with E-state index in [4.69, 9.17) is 4.74 Å². The lowest BCUT2D eigenvalue weighted by Crippen LogP contribution is -2.25. The molecule has 0 saturated carbocycles. The molecule has 0 fully saturated rings. The second-order valence-electron chi connectivity index (χ2n) is 3.07. The van der Waals surface area contributed by atoms with E-state index in [0.717, 1.165) is 11.1 Å². The van der Waals surface area contributed by atoms with E-state index in [9.17, 15) is 0 Å². The SMILES string of the molecule is COc1cccc2cc[n+](C)cc12. The van der Waals surface area contributed by atoms with Crippen LogP contribution in [0.1, 0.15) is 0 Å². The molecule has 0 unspecified atom stereocenters. The van der Waals surface area contributed by atoms with Crippen molar-refractivity contribution in [2.75, 3.05) is 7.11 Å². The lowest BCUT2D eigenvalue weighted by atomic mass is 10.1. The van der Waals surface area contributed by atoms with Crippen LogP contribution in [0.5, 0.6) is 5.75 Å². The van der Waals surface area contributed by atoms with E-state index in [1.807, 2.05) is 29.9 Å². The van der Waals surface area contributed by atoms with E-state index < -0.39 is 0 Å². The van der Waals surface area contributed by atoms with Gasteiger partial charge in [0.15, 0.2) is 12.4 Å². The second-order valence-corrected chi connectivity index (χ2v) is 3.07. The molecule has 0 spiro atoms. The summed E-state index contributed by atoms with van der Waals surface area (Å²) in [6.45, 7) is 0. The highest BCUT2D eigenvalue weighted by atomic mass is 16.5. The van der Waals surface area contributed by atoms with Crippen molar-refractivity contribution in [1.82, 2.24) is 0 Å². The summed E-state index contributed by atoms with van der Waals surface area (Å²) in [6.07, 6.45) is 4.09. The van der Waals surface area contributed by atoms with Gasteiger partial charge in [-0.1, -0.05) is 12.1 Å². The molecular formula is C11H12NO+. The molecule has 66 valence electrons. The fourth-order valence-electron chi connectivity index (χ4n) is 1.47. The predicted octanol–water partition coefficient (Wildman–Crippen LogP) is 1.67. The molecular weight excluding hydrogens is 162 g/mol. The molecule has 0 atom stereocenters. The lowest BCUT2D eigenvalue weighted by molar-refractivity contribution is -0.670. The van der Waals surface area contributed by atoms with Crippen LogP contribution in [0.25, 0.3) is 10.8 Å². The molecule has 2 heteroatoms. The van der Waals surface area contributed by atoms with Crippen molar-refractivity contribution in [1.29, 1.82) is 0 Å². The van der Waals surface area contributed by atoms with Gasteiger partial charge in [-0.25, -0.2) is 4.57 Å². The molecule has 1 aromatic carbocycles. The molecule has 2 rings (SSSR count). The summed E-state index contributed by atoms with van der Waals surface area (Å²) in [4.78, 5) is 0. The van der Waals surface area contributed by atoms with E-state index in [-0.39, 0.29) is 0 Å². The number of nitrogens with zero attached hydrogens (tertiary/aromatic N) is 1. The fourth-order valence-corrected chi connectivity index (χ4v) is 1.47. The zero-order valence-corrected chi connectivity index (χ0v) is 7.82. The topological polar surface area (TPSA) is 13.1 Å². The number of pyridine rings is 1. The highest BCUT2D eigenvalue weighted by Gasteiger charge is 2.03. The second kappa shape index (κ2) is 3.05. The molecule has 0 saturated heterocycles. The van der Waals surface area contributed by atoms with Crippen LogP contribution >= 0.6 is 0 Å². The average molecular weight is 174 g/mol. The monoisotopic (exact) mass is 174 g/mol. The zero-order valence-electron chi connectivity index (χ0n) is 7.82. The number of aryl methyl sites for hydroxylation is 1. The number of ether oxygens (including phenoxy) is 1. The highest BCUT2D eigenvalue weighted by molar-refractivity contribution is 5.86. The first-order chi connectivity index (χ1) is 6.31. The summed E-state index contributed by atoms with van der Waals surface area (Å²) >= 11 is 0. The Morgan fingerprint density at radius 3 is 2.85 bits per heavy atom. The van der Waals surface area contributed by atoms with E-state index in [1.54, 1.807) is 7.11 Å². The Kier molecular flexibility index (Phi) is 1.89. The van der Waals surface area contributed by atoms with Gasteiger partial charge < -0.3 is 4.74 Å². The molecule has 0 amide bonds. The van der Waals surface area contributed by atoms with Crippen molar-refractivity contribution < 1.29 is 9.30 Å². The van der Waals surface area contributed by atoms with Gasteiger partial charge in [0, 0.05) is 6.07 Å². The van der Waals surface area contributed by atoms with Crippen molar-refractivity contribution in [3.8, 4) is 5.75 Å². The molecule has 0 aliphatic rings. The minimum atomic E-state index is 0.925. The van der Waals surface area contributed by atoms with Crippen LogP contribution in [0.15, 0.2) is 36.7 Å². The third-order valence-corrected chi connectivity index (χ3v) is 2.14. The number of benzene rings is 1. The summed E-state index contributed by atoms with van der Waals surface area (Å²) in [7, 11) is 3.70. The number of fused-ring (bicyclic) bond motifs is 1. The van der Waals surface area contributed by atoms with Crippen molar-refractivity contribution in [3.63, 3.8) is 0 Å². The number of hydrogen-bond donors (Lipinski definition) is 0. The van der Waals surface area contributed by atoms with Crippen LogP contribution in [0.4, 0.5) is 0 Å². The molecule has 0 N–H and O–H groups in total. The predicted molar refractivity (Wildman–Crippen MR) is 51.7 cm³/mol. The number of rotatable bonds is 1. The van der Waals surface area contributed by atoms with E-state index in [2.05, 4.69) is 18.3 Å². The first-order valence-corrected chi connectivity index (χ1v) is 4.23. The Morgan fingerprint density at radius 1 is 1.23 bits per heavy atom. The Hall–Kier alpha value is -1.57.